The van der Waals surface area contributed by atoms with E-state index in [-0.39, 0.29) is 24.0 Å². The fourth-order valence-electron chi connectivity index (χ4n) is 1.95. The molecule has 0 radical (unpaired) electrons. The van der Waals surface area contributed by atoms with Gasteiger partial charge in [0.05, 0.1) is 6.54 Å². The van der Waals surface area contributed by atoms with E-state index in [1.54, 1.807) is 0 Å². The van der Waals surface area contributed by atoms with Crippen LogP contribution in [-0.2, 0) is 0 Å². The second-order valence-corrected chi connectivity index (χ2v) is 4.85. The lowest BCUT2D eigenvalue weighted by molar-refractivity contribution is 0.315. The van der Waals surface area contributed by atoms with Gasteiger partial charge in [0, 0.05) is 6.54 Å². The number of guanidine groups is 1. The molecule has 3 N–H and O–H groups in total. The van der Waals surface area contributed by atoms with Crippen molar-refractivity contribution in [3.63, 3.8) is 0 Å². The van der Waals surface area contributed by atoms with E-state index in [1.807, 2.05) is 30.3 Å². The van der Waals surface area contributed by atoms with Crippen LogP contribution in [0, 0.1) is 5.92 Å². The van der Waals surface area contributed by atoms with Gasteiger partial charge in [0.1, 0.15) is 0 Å². The Hall–Kier alpha value is -1.04. The summed E-state index contributed by atoms with van der Waals surface area (Å²) in [6.07, 6.45) is 3.99. The largest absolute Gasteiger partial charge is 0.370 e. The number of benzene rings is 1. The van der Waals surface area contributed by atoms with Gasteiger partial charge in [-0.25, -0.2) is 4.99 Å². The van der Waals surface area contributed by atoms with Crippen LogP contribution in [-0.4, -0.2) is 19.0 Å². The van der Waals surface area contributed by atoms with Crippen LogP contribution in [0.4, 0.5) is 0 Å². The van der Waals surface area contributed by atoms with Crippen molar-refractivity contribution in [2.24, 2.45) is 16.6 Å². The first-order valence-corrected chi connectivity index (χ1v) is 6.52. The van der Waals surface area contributed by atoms with Crippen LogP contribution in [0.1, 0.15) is 24.8 Å². The van der Waals surface area contributed by atoms with E-state index in [9.17, 15) is 0 Å². The molecule has 0 amide bonds. The molecule has 0 bridgehead atoms. The quantitative estimate of drug-likeness (QED) is 0.475. The van der Waals surface area contributed by atoms with E-state index < -0.39 is 0 Å². The average molecular weight is 371 g/mol. The number of halogens is 1. The molecule has 0 saturated heterocycles. The molecule has 104 valence electrons. The number of hydrogen-bond acceptors (Lipinski definition) is 1. The van der Waals surface area contributed by atoms with Crippen molar-refractivity contribution >= 4 is 35.5 Å². The number of nitrogens with one attached hydrogen (secondary N) is 1. The van der Waals surface area contributed by atoms with Crippen LogP contribution >= 0.6 is 24.0 Å². The minimum atomic E-state index is 0. The number of nitrogens with zero attached hydrogens (tertiary/aromatic N) is 1. The summed E-state index contributed by atoms with van der Waals surface area (Å²) in [6.45, 7) is 5.53. The number of rotatable bonds is 5. The molecule has 0 spiro atoms. The molecule has 1 aromatic rings. The van der Waals surface area contributed by atoms with Gasteiger partial charge in [0.2, 0.25) is 0 Å². The van der Waals surface area contributed by atoms with Gasteiger partial charge in [-0.05, 0) is 29.9 Å². The fourth-order valence-corrected chi connectivity index (χ4v) is 1.95. The van der Waals surface area contributed by atoms with Crippen LogP contribution in [0.25, 0.3) is 5.57 Å². The normalized spacial score (nSPS) is 15.3. The van der Waals surface area contributed by atoms with Crippen LogP contribution in [0.3, 0.4) is 0 Å². The van der Waals surface area contributed by atoms with Gasteiger partial charge in [-0.3, -0.25) is 0 Å². The van der Waals surface area contributed by atoms with Crippen LogP contribution < -0.4 is 11.1 Å². The first-order chi connectivity index (χ1) is 8.75. The second-order valence-electron chi connectivity index (χ2n) is 4.85. The van der Waals surface area contributed by atoms with Crippen LogP contribution in [0.2, 0.25) is 0 Å². The zero-order valence-corrected chi connectivity index (χ0v) is 13.5. The number of nitrogens with two attached hydrogens (primary N) is 1. The van der Waals surface area contributed by atoms with Crippen molar-refractivity contribution in [1.29, 1.82) is 0 Å². The van der Waals surface area contributed by atoms with Crippen molar-refractivity contribution in [2.45, 2.75) is 19.3 Å². The minimum Gasteiger partial charge on any atom is -0.370 e. The van der Waals surface area contributed by atoms with E-state index in [1.165, 1.54) is 19.3 Å². The predicted octanol–water partition coefficient (Wildman–Crippen LogP) is 3.02. The van der Waals surface area contributed by atoms with Crippen molar-refractivity contribution in [3.8, 4) is 0 Å². The second kappa shape index (κ2) is 8.19. The highest BCUT2D eigenvalue weighted by molar-refractivity contribution is 14.0. The maximum absolute atomic E-state index is 5.82. The summed E-state index contributed by atoms with van der Waals surface area (Å²) < 4.78 is 0. The zero-order valence-electron chi connectivity index (χ0n) is 11.1. The molecule has 0 heterocycles. The van der Waals surface area contributed by atoms with Gasteiger partial charge in [0.25, 0.3) is 0 Å². The lowest BCUT2D eigenvalue weighted by Gasteiger charge is -2.25. The summed E-state index contributed by atoms with van der Waals surface area (Å²) in [6, 6.07) is 10.1. The molecule has 4 heteroatoms. The van der Waals surface area contributed by atoms with Gasteiger partial charge >= 0.3 is 0 Å². The summed E-state index contributed by atoms with van der Waals surface area (Å²) >= 11 is 0. The monoisotopic (exact) mass is 371 g/mol. The minimum absolute atomic E-state index is 0. The Morgan fingerprint density at radius 2 is 2.00 bits per heavy atom. The van der Waals surface area contributed by atoms with Crippen molar-refractivity contribution in [2.75, 3.05) is 13.1 Å². The Kier molecular flexibility index (Phi) is 6.91. The smallest absolute Gasteiger partial charge is 0.188 e. The lowest BCUT2D eigenvalue weighted by Crippen LogP contribution is -2.37. The molecule has 2 rings (SSSR count). The summed E-state index contributed by atoms with van der Waals surface area (Å²) in [4.78, 5) is 4.31. The molecule has 1 aliphatic carbocycles. The molecule has 19 heavy (non-hydrogen) atoms. The molecule has 1 saturated carbocycles. The average Bonchev–Trinajstić information content (AvgIpc) is 2.35. The maximum Gasteiger partial charge on any atom is 0.188 e. The Bertz CT molecular complexity index is 424. The van der Waals surface area contributed by atoms with Gasteiger partial charge in [0.15, 0.2) is 5.96 Å². The van der Waals surface area contributed by atoms with E-state index in [0.717, 1.165) is 23.6 Å². The number of hydrogen-bond donors (Lipinski definition) is 2. The summed E-state index contributed by atoms with van der Waals surface area (Å²) in [5, 5.41) is 3.18. The Balaban J connectivity index is 0.00000180. The summed E-state index contributed by atoms with van der Waals surface area (Å²) in [7, 11) is 0. The predicted molar refractivity (Wildman–Crippen MR) is 92.7 cm³/mol. The molecule has 3 nitrogen and oxygen atoms in total. The van der Waals surface area contributed by atoms with Crippen molar-refractivity contribution in [1.82, 2.24) is 5.32 Å². The SMILES string of the molecule is C=C(CN=C(N)NCC1CCC1)c1ccccc1.I. The van der Waals surface area contributed by atoms with E-state index in [0.29, 0.717) is 12.5 Å². The molecular formula is C15H22IN3. The highest BCUT2D eigenvalue weighted by atomic mass is 127. The van der Waals surface area contributed by atoms with Gasteiger partial charge in [-0.2, -0.15) is 0 Å². The lowest BCUT2D eigenvalue weighted by atomic mass is 9.85. The third-order valence-electron chi connectivity index (χ3n) is 3.42. The number of aliphatic imine (C=N–C) groups is 1. The molecule has 0 unspecified atom stereocenters. The van der Waals surface area contributed by atoms with Gasteiger partial charge < -0.3 is 11.1 Å². The highest BCUT2D eigenvalue weighted by Gasteiger charge is 2.16. The first kappa shape index (κ1) is 16.0. The topological polar surface area (TPSA) is 50.4 Å². The first-order valence-electron chi connectivity index (χ1n) is 6.52. The Morgan fingerprint density at radius 1 is 1.32 bits per heavy atom. The molecule has 1 aliphatic rings. The van der Waals surface area contributed by atoms with E-state index in [2.05, 4.69) is 16.9 Å². The van der Waals surface area contributed by atoms with Crippen LogP contribution in [0.15, 0.2) is 41.9 Å². The van der Waals surface area contributed by atoms with E-state index >= 15 is 0 Å². The zero-order chi connectivity index (χ0) is 12.8. The van der Waals surface area contributed by atoms with Gasteiger partial charge in [-0.1, -0.05) is 43.3 Å². The molecule has 0 aliphatic heterocycles. The molecular weight excluding hydrogens is 349 g/mol. The summed E-state index contributed by atoms with van der Waals surface area (Å²) in [5.74, 6) is 1.31. The third kappa shape index (κ3) is 5.22. The molecule has 0 atom stereocenters. The third-order valence-corrected chi connectivity index (χ3v) is 3.42. The van der Waals surface area contributed by atoms with Crippen LogP contribution in [0.5, 0.6) is 0 Å². The fraction of sp³-hybridized carbons (Fsp3) is 0.400. The molecule has 1 fully saturated rings. The van der Waals surface area contributed by atoms with E-state index in [4.69, 9.17) is 5.73 Å². The molecule has 1 aromatic carbocycles. The summed E-state index contributed by atoms with van der Waals surface area (Å²) in [5.41, 5.74) is 7.93. The van der Waals surface area contributed by atoms with Gasteiger partial charge in [-0.15, -0.1) is 24.0 Å². The molecule has 0 aromatic heterocycles. The standard InChI is InChI=1S/C15H21N3.HI/c1-12(14-8-3-2-4-9-14)10-17-15(16)18-11-13-6-5-7-13;/h2-4,8-9,13H,1,5-7,10-11H2,(H3,16,17,18);1H. The Morgan fingerprint density at radius 3 is 2.58 bits per heavy atom. The maximum atomic E-state index is 5.82. The van der Waals surface area contributed by atoms with Crippen molar-refractivity contribution in [3.05, 3.63) is 42.5 Å². The van der Waals surface area contributed by atoms with Crippen molar-refractivity contribution < 1.29 is 0 Å². The highest BCUT2D eigenvalue weighted by Crippen LogP contribution is 2.24. The Labute approximate surface area is 132 Å².